The lowest BCUT2D eigenvalue weighted by Crippen LogP contribution is -2.32. The highest BCUT2D eigenvalue weighted by atomic mass is 19.3. The minimum atomic E-state index is -2.83. The van der Waals surface area contributed by atoms with Crippen molar-refractivity contribution in [2.75, 3.05) is 18.0 Å². The van der Waals surface area contributed by atoms with Crippen LogP contribution in [0.5, 0.6) is 0 Å². The van der Waals surface area contributed by atoms with Gasteiger partial charge in [-0.25, -0.2) is 23.4 Å². The van der Waals surface area contributed by atoms with E-state index in [0.717, 1.165) is 11.6 Å². The molecule has 2 N–H and O–H groups in total. The Morgan fingerprint density at radius 3 is 2.41 bits per heavy atom. The van der Waals surface area contributed by atoms with Crippen LogP contribution in [0.3, 0.4) is 0 Å². The number of alkyl halides is 2. The fourth-order valence-electron chi connectivity index (χ4n) is 4.45. The van der Waals surface area contributed by atoms with E-state index in [9.17, 15) is 27.8 Å². The summed E-state index contributed by atoms with van der Waals surface area (Å²) in [7, 11) is 0. The molecule has 1 aliphatic rings. The van der Waals surface area contributed by atoms with Gasteiger partial charge in [0.25, 0.3) is 0 Å². The summed E-state index contributed by atoms with van der Waals surface area (Å²) in [4.78, 5) is 15.6. The predicted molar refractivity (Wildman–Crippen MR) is 137 cm³/mol. The summed E-state index contributed by atoms with van der Waals surface area (Å²) in [6.45, 7) is 1.06. The number of fused-ring (bicyclic) bond motifs is 1. The van der Waals surface area contributed by atoms with Gasteiger partial charge in [0.05, 0.1) is 29.2 Å². The Hall–Kier alpha value is -3.90. The molecular formula is C27H26F4N6O2. The van der Waals surface area contributed by atoms with Crippen LogP contribution in [0.1, 0.15) is 50.6 Å². The molecule has 1 saturated heterocycles. The zero-order chi connectivity index (χ0) is 27.9. The zero-order valence-corrected chi connectivity index (χ0v) is 21.2. The number of nitrogens with zero attached hydrogens (tertiary/aromatic N) is 6. The minimum Gasteiger partial charge on any atom is -0.387 e. The van der Waals surface area contributed by atoms with E-state index < -0.39 is 29.9 Å². The van der Waals surface area contributed by atoms with Crippen LogP contribution in [-0.4, -0.2) is 53.6 Å². The highest BCUT2D eigenvalue weighted by Crippen LogP contribution is 2.34. The molecule has 0 radical (unpaired) electrons. The number of aromatic nitrogens is 5. The van der Waals surface area contributed by atoms with Crippen LogP contribution in [0.2, 0.25) is 0 Å². The first-order valence-electron chi connectivity index (χ1n) is 12.3. The third kappa shape index (κ3) is 5.62. The van der Waals surface area contributed by atoms with Gasteiger partial charge in [0.15, 0.2) is 5.82 Å². The molecule has 1 atom stereocenters. The Kier molecular flexibility index (Phi) is 7.08. The molecule has 0 saturated carbocycles. The fraction of sp³-hybridized carbons (Fsp3) is 0.333. The van der Waals surface area contributed by atoms with E-state index >= 15 is 0 Å². The van der Waals surface area contributed by atoms with Crippen molar-refractivity contribution in [1.82, 2.24) is 24.7 Å². The summed E-state index contributed by atoms with van der Waals surface area (Å²) in [5.74, 6) is -0.829. The first-order valence-corrected chi connectivity index (χ1v) is 12.3. The molecule has 1 aliphatic heterocycles. The largest absolute Gasteiger partial charge is 0.387 e. The van der Waals surface area contributed by atoms with Crippen molar-refractivity contribution < 1.29 is 27.8 Å². The molecule has 204 valence electrons. The lowest BCUT2D eigenvalue weighted by molar-refractivity contribution is -0.0516. The van der Waals surface area contributed by atoms with Gasteiger partial charge in [0.2, 0.25) is 0 Å². The monoisotopic (exact) mass is 542 g/mol. The van der Waals surface area contributed by atoms with Gasteiger partial charge in [-0.15, -0.1) is 0 Å². The van der Waals surface area contributed by atoms with E-state index in [2.05, 4.69) is 10.1 Å². The fourth-order valence-corrected chi connectivity index (χ4v) is 4.45. The molecule has 8 nitrogen and oxygen atoms in total. The number of hydrogen-bond acceptors (Lipinski definition) is 7. The van der Waals surface area contributed by atoms with Crippen LogP contribution in [0.4, 0.5) is 23.4 Å². The van der Waals surface area contributed by atoms with Crippen LogP contribution < -0.4 is 4.90 Å². The molecular weight excluding hydrogens is 516 g/mol. The average Bonchev–Trinajstić information content (AvgIpc) is 3.39. The Balaban J connectivity index is 1.50. The quantitative estimate of drug-likeness (QED) is 0.329. The summed E-state index contributed by atoms with van der Waals surface area (Å²) >= 11 is 0. The van der Waals surface area contributed by atoms with Gasteiger partial charge in [0.1, 0.15) is 28.9 Å². The van der Waals surface area contributed by atoms with Gasteiger partial charge < -0.3 is 15.1 Å². The van der Waals surface area contributed by atoms with Crippen molar-refractivity contribution in [3.05, 3.63) is 71.3 Å². The van der Waals surface area contributed by atoms with E-state index in [4.69, 9.17) is 9.97 Å². The van der Waals surface area contributed by atoms with Gasteiger partial charge in [-0.05, 0) is 44.9 Å². The number of halogens is 4. The molecule has 3 aromatic heterocycles. The molecule has 0 spiro atoms. The van der Waals surface area contributed by atoms with Crippen molar-refractivity contribution in [2.45, 2.75) is 44.9 Å². The Bertz CT molecular complexity index is 1540. The number of pyridine rings is 1. The minimum absolute atomic E-state index is 0.187. The number of aliphatic hydroxyl groups is 2. The van der Waals surface area contributed by atoms with Crippen molar-refractivity contribution in [2.24, 2.45) is 0 Å². The number of benzene rings is 1. The molecule has 4 aromatic rings. The van der Waals surface area contributed by atoms with E-state index in [0.29, 0.717) is 64.3 Å². The summed E-state index contributed by atoms with van der Waals surface area (Å²) in [6.07, 6.45) is 5.48. The number of piperidine rings is 1. The summed E-state index contributed by atoms with van der Waals surface area (Å²) in [6, 6.07) is 4.96. The van der Waals surface area contributed by atoms with Gasteiger partial charge in [-0.3, -0.25) is 4.98 Å². The van der Waals surface area contributed by atoms with Gasteiger partial charge in [-0.2, -0.15) is 13.9 Å². The number of hydrogen-bond donors (Lipinski definition) is 2. The molecule has 0 amide bonds. The van der Waals surface area contributed by atoms with Gasteiger partial charge in [0, 0.05) is 36.5 Å². The van der Waals surface area contributed by atoms with Gasteiger partial charge in [-0.1, -0.05) is 11.6 Å². The Morgan fingerprint density at radius 1 is 1.03 bits per heavy atom. The topological polar surface area (TPSA) is 100 Å². The summed E-state index contributed by atoms with van der Waals surface area (Å²) < 4.78 is 54.5. The molecule has 1 aromatic carbocycles. The molecule has 1 fully saturated rings. The molecule has 4 heterocycles. The third-order valence-electron chi connectivity index (χ3n) is 6.60. The van der Waals surface area contributed by atoms with Crippen LogP contribution in [0.15, 0.2) is 48.4 Å². The molecule has 0 aliphatic carbocycles. The molecule has 12 heteroatoms. The molecule has 5 rings (SSSR count). The zero-order valence-electron chi connectivity index (χ0n) is 21.2. The maximum atomic E-state index is 14.1. The second-order valence-corrected chi connectivity index (χ2v) is 9.99. The number of rotatable bonds is 6. The molecule has 39 heavy (non-hydrogen) atoms. The van der Waals surface area contributed by atoms with Crippen molar-refractivity contribution in [1.29, 1.82) is 0 Å². The van der Waals surface area contributed by atoms with Crippen LogP contribution in [-0.2, 0) is 0 Å². The lowest BCUT2D eigenvalue weighted by atomic mass is 9.98. The van der Waals surface area contributed by atoms with Crippen LogP contribution >= 0.6 is 0 Å². The number of anilines is 1. The highest BCUT2D eigenvalue weighted by molar-refractivity contribution is 5.83. The first kappa shape index (κ1) is 26.7. The second-order valence-electron chi connectivity index (χ2n) is 9.99. The Labute approximate surface area is 221 Å². The highest BCUT2D eigenvalue weighted by Gasteiger charge is 2.28. The normalized spacial score (nSPS) is 15.3. The van der Waals surface area contributed by atoms with Crippen LogP contribution in [0, 0.1) is 11.6 Å². The predicted octanol–water partition coefficient (Wildman–Crippen LogP) is 5.05. The van der Waals surface area contributed by atoms with Crippen LogP contribution in [0.25, 0.3) is 28.4 Å². The van der Waals surface area contributed by atoms with Gasteiger partial charge >= 0.3 is 6.55 Å². The maximum absolute atomic E-state index is 14.1. The van der Waals surface area contributed by atoms with E-state index in [1.54, 1.807) is 6.08 Å². The van der Waals surface area contributed by atoms with Crippen molar-refractivity contribution in [3.8, 4) is 11.3 Å². The molecule has 0 bridgehead atoms. The number of aliphatic hydroxyl groups excluding tert-OH is 1. The van der Waals surface area contributed by atoms with Crippen molar-refractivity contribution in [3.63, 3.8) is 0 Å². The second kappa shape index (κ2) is 10.3. The molecule has 0 unspecified atom stereocenters. The summed E-state index contributed by atoms with van der Waals surface area (Å²) in [5.41, 5.74) is 1.44. The summed E-state index contributed by atoms with van der Waals surface area (Å²) in [5, 5.41) is 24.4. The van der Waals surface area contributed by atoms with Crippen molar-refractivity contribution >= 4 is 22.9 Å². The standard InChI is InChI=1S/C27H26F4N6O2/c1-27(2,39)24(38)21-11-20-22(13-32-21)35-25(23(34-20)17-12-33-37(14-17)26(30)31)36-7-5-15(6-8-36)9-16-3-4-18(28)10-19(16)29/h3-4,9-14,24,26,38-39H,5-8H2,1-2H3/t24-/m1/s1. The lowest BCUT2D eigenvalue weighted by Gasteiger charge is -2.31. The average molecular weight is 543 g/mol. The van der Waals surface area contributed by atoms with E-state index in [-0.39, 0.29) is 5.69 Å². The smallest absolute Gasteiger partial charge is 0.333 e. The SMILES string of the molecule is CC(C)(O)[C@H](O)c1cc2nc(-c3cnn(C(F)F)c3)c(N3CCC(=Cc4ccc(F)cc4F)CC3)nc2cn1. The third-order valence-corrected chi connectivity index (χ3v) is 6.60. The Morgan fingerprint density at radius 2 is 1.77 bits per heavy atom. The van der Waals surface area contributed by atoms with E-state index in [1.165, 1.54) is 50.6 Å². The van der Waals surface area contributed by atoms with E-state index in [1.807, 2.05) is 4.90 Å². The first-order chi connectivity index (χ1) is 18.5. The maximum Gasteiger partial charge on any atom is 0.333 e.